The van der Waals surface area contributed by atoms with Crippen LogP contribution in [-0.4, -0.2) is 12.5 Å². The third-order valence-electron chi connectivity index (χ3n) is 4.19. The third-order valence-corrected chi connectivity index (χ3v) is 4.19. The van der Waals surface area contributed by atoms with Crippen molar-refractivity contribution in [2.75, 3.05) is 11.9 Å². The fourth-order valence-electron chi connectivity index (χ4n) is 2.78. The first-order valence-electron chi connectivity index (χ1n) is 9.18. The van der Waals surface area contributed by atoms with Crippen LogP contribution >= 0.6 is 0 Å². The minimum Gasteiger partial charge on any atom is -0.493 e. The van der Waals surface area contributed by atoms with Crippen molar-refractivity contribution in [3.63, 3.8) is 0 Å². The molecule has 0 unspecified atom stereocenters. The van der Waals surface area contributed by atoms with Gasteiger partial charge in [-0.05, 0) is 61.9 Å². The number of anilines is 1. The molecule has 3 aromatic rings. The summed E-state index contributed by atoms with van der Waals surface area (Å²) < 4.78 is 38.3. The quantitative estimate of drug-likeness (QED) is 0.572. The number of halogens is 2. The summed E-state index contributed by atoms with van der Waals surface area (Å²) in [6, 6.07) is 15.5. The van der Waals surface area contributed by atoms with Crippen molar-refractivity contribution in [2.24, 2.45) is 0 Å². The standard InChI is InChI=1S/C23H21F2NO3/c1-3-28-22-10-7-16(23(27)26-21-9-8-18(24)13-20(21)25)12-17(22)14-29-19-6-4-5-15(2)11-19/h4-13H,3,14H2,1-2H3,(H,26,27). The smallest absolute Gasteiger partial charge is 0.255 e. The molecule has 6 heteroatoms. The van der Waals surface area contributed by atoms with Crippen molar-refractivity contribution in [1.29, 1.82) is 0 Å². The lowest BCUT2D eigenvalue weighted by molar-refractivity contribution is 0.102. The minimum absolute atomic E-state index is 0.0946. The summed E-state index contributed by atoms with van der Waals surface area (Å²) in [7, 11) is 0. The Morgan fingerprint density at radius 2 is 1.83 bits per heavy atom. The van der Waals surface area contributed by atoms with Crippen LogP contribution in [0, 0.1) is 18.6 Å². The number of amides is 1. The van der Waals surface area contributed by atoms with Crippen LogP contribution in [0.5, 0.6) is 11.5 Å². The van der Waals surface area contributed by atoms with Crippen LogP contribution < -0.4 is 14.8 Å². The second-order valence-electron chi connectivity index (χ2n) is 6.44. The molecule has 0 aliphatic rings. The molecule has 3 aromatic carbocycles. The molecular weight excluding hydrogens is 376 g/mol. The molecule has 3 rings (SSSR count). The molecule has 0 spiro atoms. The second-order valence-corrected chi connectivity index (χ2v) is 6.44. The molecule has 0 bridgehead atoms. The maximum atomic E-state index is 13.8. The predicted molar refractivity (Wildman–Crippen MR) is 107 cm³/mol. The summed E-state index contributed by atoms with van der Waals surface area (Å²) in [5, 5.41) is 2.45. The first kappa shape index (κ1) is 20.3. The van der Waals surface area contributed by atoms with Crippen LogP contribution in [0.3, 0.4) is 0 Å². The van der Waals surface area contributed by atoms with E-state index in [-0.39, 0.29) is 12.3 Å². The summed E-state index contributed by atoms with van der Waals surface area (Å²) in [5.41, 5.74) is 1.96. The van der Waals surface area contributed by atoms with Gasteiger partial charge in [-0.3, -0.25) is 4.79 Å². The lowest BCUT2D eigenvalue weighted by Gasteiger charge is -2.14. The van der Waals surface area contributed by atoms with E-state index in [1.165, 1.54) is 6.07 Å². The monoisotopic (exact) mass is 397 g/mol. The molecule has 0 heterocycles. The van der Waals surface area contributed by atoms with Gasteiger partial charge < -0.3 is 14.8 Å². The number of ether oxygens (including phenoxy) is 2. The van der Waals surface area contributed by atoms with E-state index >= 15 is 0 Å². The van der Waals surface area contributed by atoms with E-state index in [2.05, 4.69) is 5.32 Å². The van der Waals surface area contributed by atoms with Crippen molar-refractivity contribution in [1.82, 2.24) is 0 Å². The van der Waals surface area contributed by atoms with Gasteiger partial charge in [0.1, 0.15) is 29.7 Å². The van der Waals surface area contributed by atoms with Gasteiger partial charge in [0.15, 0.2) is 0 Å². The number of hydrogen-bond acceptors (Lipinski definition) is 3. The summed E-state index contributed by atoms with van der Waals surface area (Å²) in [5.74, 6) is -0.764. The molecule has 1 N–H and O–H groups in total. The molecule has 0 aliphatic heterocycles. The van der Waals surface area contributed by atoms with Crippen LogP contribution in [0.1, 0.15) is 28.4 Å². The fourth-order valence-corrected chi connectivity index (χ4v) is 2.78. The molecule has 0 atom stereocenters. The number of hydrogen-bond donors (Lipinski definition) is 1. The van der Waals surface area contributed by atoms with Gasteiger partial charge in [-0.1, -0.05) is 12.1 Å². The number of nitrogens with one attached hydrogen (secondary N) is 1. The van der Waals surface area contributed by atoms with Crippen molar-refractivity contribution >= 4 is 11.6 Å². The second kappa shape index (κ2) is 9.19. The lowest BCUT2D eigenvalue weighted by Crippen LogP contribution is -2.14. The van der Waals surface area contributed by atoms with Crippen LogP contribution in [0.4, 0.5) is 14.5 Å². The number of carbonyl (C=O) groups is 1. The Kier molecular flexibility index (Phi) is 6.44. The maximum absolute atomic E-state index is 13.8. The van der Waals surface area contributed by atoms with E-state index in [0.29, 0.717) is 29.2 Å². The van der Waals surface area contributed by atoms with Gasteiger partial charge in [0.2, 0.25) is 0 Å². The Morgan fingerprint density at radius 3 is 2.55 bits per heavy atom. The first-order valence-corrected chi connectivity index (χ1v) is 9.18. The molecule has 150 valence electrons. The van der Waals surface area contributed by atoms with Gasteiger partial charge in [-0.25, -0.2) is 8.78 Å². The SMILES string of the molecule is CCOc1ccc(C(=O)Nc2ccc(F)cc2F)cc1COc1cccc(C)c1. The first-order chi connectivity index (χ1) is 14.0. The van der Waals surface area contributed by atoms with Crippen molar-refractivity contribution in [2.45, 2.75) is 20.5 Å². The van der Waals surface area contributed by atoms with E-state index in [1.54, 1.807) is 18.2 Å². The molecule has 0 radical (unpaired) electrons. The van der Waals surface area contributed by atoms with Crippen molar-refractivity contribution < 1.29 is 23.0 Å². The summed E-state index contributed by atoms with van der Waals surface area (Å²) in [6.07, 6.45) is 0. The number of aryl methyl sites for hydroxylation is 1. The lowest BCUT2D eigenvalue weighted by atomic mass is 10.1. The maximum Gasteiger partial charge on any atom is 0.255 e. The van der Waals surface area contributed by atoms with Gasteiger partial charge in [-0.2, -0.15) is 0 Å². The van der Waals surface area contributed by atoms with Crippen LogP contribution in [0.25, 0.3) is 0 Å². The Balaban J connectivity index is 1.80. The zero-order valence-corrected chi connectivity index (χ0v) is 16.2. The largest absolute Gasteiger partial charge is 0.493 e. The van der Waals surface area contributed by atoms with Gasteiger partial charge in [0, 0.05) is 17.2 Å². The normalized spacial score (nSPS) is 10.5. The van der Waals surface area contributed by atoms with E-state index < -0.39 is 17.5 Å². The van der Waals surface area contributed by atoms with Gasteiger partial charge in [0.25, 0.3) is 5.91 Å². The van der Waals surface area contributed by atoms with Gasteiger partial charge in [0.05, 0.1) is 12.3 Å². The molecule has 1 amide bonds. The Hall–Kier alpha value is -3.41. The highest BCUT2D eigenvalue weighted by atomic mass is 19.1. The van der Waals surface area contributed by atoms with Crippen molar-refractivity contribution in [3.8, 4) is 11.5 Å². The average molecular weight is 397 g/mol. The van der Waals surface area contributed by atoms with Crippen LogP contribution in [0.15, 0.2) is 60.7 Å². The topological polar surface area (TPSA) is 47.6 Å². The molecule has 29 heavy (non-hydrogen) atoms. The van der Waals surface area contributed by atoms with Crippen LogP contribution in [0.2, 0.25) is 0 Å². The summed E-state index contributed by atoms with van der Waals surface area (Å²) in [6.45, 7) is 4.50. The predicted octanol–water partition coefficient (Wildman–Crippen LogP) is 5.50. The van der Waals surface area contributed by atoms with E-state index in [1.807, 2.05) is 38.1 Å². The minimum atomic E-state index is -0.840. The Labute approximate surface area is 168 Å². The van der Waals surface area contributed by atoms with Crippen molar-refractivity contribution in [3.05, 3.63) is 89.0 Å². The highest BCUT2D eigenvalue weighted by molar-refractivity contribution is 6.04. The van der Waals surface area contributed by atoms with E-state index in [4.69, 9.17) is 9.47 Å². The fraction of sp³-hybridized carbons (Fsp3) is 0.174. The molecule has 4 nitrogen and oxygen atoms in total. The Bertz CT molecular complexity index is 1020. The molecule has 0 saturated carbocycles. The zero-order valence-electron chi connectivity index (χ0n) is 16.2. The highest BCUT2D eigenvalue weighted by Gasteiger charge is 2.14. The Morgan fingerprint density at radius 1 is 1.00 bits per heavy atom. The van der Waals surface area contributed by atoms with E-state index in [0.717, 1.165) is 17.7 Å². The number of carbonyl (C=O) groups excluding carboxylic acids is 1. The zero-order chi connectivity index (χ0) is 20.8. The van der Waals surface area contributed by atoms with Gasteiger partial charge in [-0.15, -0.1) is 0 Å². The molecular formula is C23H21F2NO3. The van der Waals surface area contributed by atoms with Crippen LogP contribution in [-0.2, 0) is 6.61 Å². The molecule has 0 fully saturated rings. The van der Waals surface area contributed by atoms with E-state index in [9.17, 15) is 13.6 Å². The highest BCUT2D eigenvalue weighted by Crippen LogP contribution is 2.24. The number of rotatable bonds is 7. The molecule has 0 aromatic heterocycles. The molecule has 0 aliphatic carbocycles. The molecule has 0 saturated heterocycles. The number of benzene rings is 3. The average Bonchev–Trinajstić information content (AvgIpc) is 2.69. The summed E-state index contributed by atoms with van der Waals surface area (Å²) in [4.78, 5) is 12.5. The van der Waals surface area contributed by atoms with Gasteiger partial charge >= 0.3 is 0 Å². The summed E-state index contributed by atoms with van der Waals surface area (Å²) >= 11 is 0. The third kappa shape index (κ3) is 5.31.